The van der Waals surface area contributed by atoms with E-state index in [0.717, 1.165) is 16.9 Å². The molecule has 0 aromatic rings. The maximum atomic E-state index is 3.50. The molecule has 3 unspecified atom stereocenters. The monoisotopic (exact) mass is 327 g/mol. The van der Waals surface area contributed by atoms with Crippen molar-refractivity contribution in [1.29, 1.82) is 0 Å². The Labute approximate surface area is 138 Å². The summed E-state index contributed by atoms with van der Waals surface area (Å²) in [7, 11) is 2.25. The van der Waals surface area contributed by atoms with Crippen molar-refractivity contribution in [2.24, 2.45) is 5.92 Å². The van der Waals surface area contributed by atoms with Gasteiger partial charge >= 0.3 is 0 Å². The van der Waals surface area contributed by atoms with Crippen LogP contribution in [-0.2, 0) is 0 Å². The number of allylic oxidation sites excluding steroid dienone is 1. The second kappa shape index (κ2) is 8.25. The normalized spacial score (nSPS) is 36.0. The number of hydrazine groups is 1. The summed E-state index contributed by atoms with van der Waals surface area (Å²) in [5.41, 5.74) is 7.37. The van der Waals surface area contributed by atoms with Gasteiger partial charge in [-0.2, -0.15) is 11.8 Å². The highest BCUT2D eigenvalue weighted by molar-refractivity contribution is 8.00. The lowest BCUT2D eigenvalue weighted by molar-refractivity contribution is 0.271. The zero-order valence-corrected chi connectivity index (χ0v) is 14.7. The second-order valence-corrected chi connectivity index (χ2v) is 8.92. The minimum Gasteiger partial charge on any atom is -0.264 e. The average Bonchev–Trinajstić information content (AvgIpc) is 3.15. The molecule has 0 spiro atoms. The van der Waals surface area contributed by atoms with Crippen molar-refractivity contribution in [2.45, 2.75) is 61.9 Å². The van der Waals surface area contributed by atoms with Crippen LogP contribution in [0.25, 0.3) is 0 Å². The van der Waals surface area contributed by atoms with Crippen molar-refractivity contribution in [2.75, 3.05) is 18.6 Å². The molecule has 120 valence electrons. The van der Waals surface area contributed by atoms with E-state index in [0.29, 0.717) is 11.7 Å². The summed E-state index contributed by atoms with van der Waals surface area (Å²) in [6.07, 6.45) is 15.2. The van der Waals surface area contributed by atoms with Gasteiger partial charge in [-0.15, -0.1) is 11.8 Å². The standard InChI is InChI=1S/C16H29N3S2/c1-19-15(14-10-6-11-20-14)17-18-16(19)21-12-5-9-13-7-3-2-4-8-13/h5,9,13-18H,2-4,6-8,10-12H2,1H3/b9-5+. The molecule has 3 fully saturated rings. The van der Waals surface area contributed by atoms with Crippen LogP contribution in [0, 0.1) is 5.92 Å². The van der Waals surface area contributed by atoms with Gasteiger partial charge in [-0.05, 0) is 44.4 Å². The number of hydrogen-bond acceptors (Lipinski definition) is 5. The molecule has 3 nitrogen and oxygen atoms in total. The van der Waals surface area contributed by atoms with Crippen LogP contribution in [0.5, 0.6) is 0 Å². The van der Waals surface area contributed by atoms with Gasteiger partial charge in [0.15, 0.2) is 0 Å². The smallest absolute Gasteiger partial charge is 0.122 e. The van der Waals surface area contributed by atoms with Crippen molar-refractivity contribution in [3.05, 3.63) is 12.2 Å². The molecule has 21 heavy (non-hydrogen) atoms. The van der Waals surface area contributed by atoms with Crippen molar-refractivity contribution in [3.63, 3.8) is 0 Å². The van der Waals surface area contributed by atoms with Crippen LogP contribution < -0.4 is 10.9 Å². The Hall–Kier alpha value is 0.320. The summed E-state index contributed by atoms with van der Waals surface area (Å²) < 4.78 is 0. The third-order valence-corrected chi connectivity index (χ3v) is 7.49. The highest BCUT2D eigenvalue weighted by Crippen LogP contribution is 2.32. The molecule has 5 heteroatoms. The van der Waals surface area contributed by atoms with E-state index >= 15 is 0 Å². The molecule has 0 amide bonds. The quantitative estimate of drug-likeness (QED) is 0.755. The summed E-state index contributed by atoms with van der Waals surface area (Å²) >= 11 is 4.12. The van der Waals surface area contributed by atoms with Crippen molar-refractivity contribution < 1.29 is 0 Å². The first-order chi connectivity index (χ1) is 10.3. The summed E-state index contributed by atoms with van der Waals surface area (Å²) in [6.45, 7) is 0. The summed E-state index contributed by atoms with van der Waals surface area (Å²) in [4.78, 5) is 2.47. The van der Waals surface area contributed by atoms with Gasteiger partial charge in [0.2, 0.25) is 0 Å². The van der Waals surface area contributed by atoms with Crippen LogP contribution in [0.15, 0.2) is 12.2 Å². The molecule has 1 saturated carbocycles. The molecular formula is C16H29N3S2. The lowest BCUT2D eigenvalue weighted by atomic mass is 9.89. The minimum absolute atomic E-state index is 0.409. The maximum absolute atomic E-state index is 3.50. The zero-order valence-electron chi connectivity index (χ0n) is 13.1. The molecule has 2 N–H and O–H groups in total. The number of nitrogens with zero attached hydrogens (tertiary/aromatic N) is 1. The molecule has 0 bridgehead atoms. The molecular weight excluding hydrogens is 298 g/mol. The molecule has 0 aromatic carbocycles. The summed E-state index contributed by atoms with van der Waals surface area (Å²) in [6, 6.07) is 0. The lowest BCUT2D eigenvalue weighted by Gasteiger charge is -2.26. The number of nitrogens with one attached hydrogen (secondary N) is 2. The van der Waals surface area contributed by atoms with Gasteiger partial charge in [-0.25, -0.2) is 10.9 Å². The predicted molar refractivity (Wildman–Crippen MR) is 95.3 cm³/mol. The molecule has 3 atom stereocenters. The van der Waals surface area contributed by atoms with E-state index in [1.54, 1.807) is 0 Å². The van der Waals surface area contributed by atoms with Crippen molar-refractivity contribution in [1.82, 2.24) is 15.8 Å². The summed E-state index contributed by atoms with van der Waals surface area (Å²) in [5, 5.41) is 0.755. The fourth-order valence-electron chi connectivity index (χ4n) is 3.59. The molecule has 2 aliphatic heterocycles. The Morgan fingerprint density at radius 2 is 2.00 bits per heavy atom. The van der Waals surface area contributed by atoms with Crippen LogP contribution in [-0.4, -0.2) is 40.4 Å². The SMILES string of the molecule is CN1C(SC/C=C/C2CCCCC2)NNC1C1CCCS1. The number of thioether (sulfide) groups is 2. The molecule has 3 aliphatic rings. The van der Waals surface area contributed by atoms with E-state index in [4.69, 9.17) is 0 Å². The van der Waals surface area contributed by atoms with E-state index in [9.17, 15) is 0 Å². The topological polar surface area (TPSA) is 27.3 Å². The van der Waals surface area contributed by atoms with Crippen LogP contribution in [0.3, 0.4) is 0 Å². The molecule has 1 aliphatic carbocycles. The fourth-order valence-corrected chi connectivity index (χ4v) is 5.93. The first-order valence-corrected chi connectivity index (χ1v) is 10.6. The maximum Gasteiger partial charge on any atom is 0.122 e. The largest absolute Gasteiger partial charge is 0.264 e. The third-order valence-electron chi connectivity index (χ3n) is 4.89. The van der Waals surface area contributed by atoms with E-state index in [1.165, 1.54) is 50.7 Å². The molecule has 2 saturated heterocycles. The van der Waals surface area contributed by atoms with Gasteiger partial charge in [-0.1, -0.05) is 31.4 Å². The average molecular weight is 328 g/mol. The van der Waals surface area contributed by atoms with Crippen LogP contribution >= 0.6 is 23.5 Å². The fraction of sp³-hybridized carbons (Fsp3) is 0.875. The third kappa shape index (κ3) is 4.41. The van der Waals surface area contributed by atoms with E-state index in [-0.39, 0.29) is 0 Å². The van der Waals surface area contributed by atoms with Crippen LogP contribution in [0.4, 0.5) is 0 Å². The minimum atomic E-state index is 0.409. The molecule has 0 radical (unpaired) electrons. The van der Waals surface area contributed by atoms with Gasteiger partial charge < -0.3 is 0 Å². The molecule has 0 aromatic heterocycles. The molecule has 3 rings (SSSR count). The predicted octanol–water partition coefficient (Wildman–Crippen LogP) is 3.40. The van der Waals surface area contributed by atoms with Gasteiger partial charge in [-0.3, -0.25) is 4.90 Å². The van der Waals surface area contributed by atoms with Crippen LogP contribution in [0.2, 0.25) is 0 Å². The number of hydrogen-bond donors (Lipinski definition) is 2. The van der Waals surface area contributed by atoms with Gasteiger partial charge in [0, 0.05) is 11.0 Å². The first kappa shape index (κ1) is 16.2. The van der Waals surface area contributed by atoms with Crippen molar-refractivity contribution in [3.8, 4) is 0 Å². The van der Waals surface area contributed by atoms with Gasteiger partial charge in [0.05, 0.1) is 6.17 Å². The van der Waals surface area contributed by atoms with E-state index in [1.807, 2.05) is 11.8 Å². The van der Waals surface area contributed by atoms with Gasteiger partial charge in [0.25, 0.3) is 0 Å². The Bertz CT molecular complexity index is 338. The second-order valence-electron chi connectivity index (χ2n) is 6.46. The Balaban J connectivity index is 1.38. The van der Waals surface area contributed by atoms with Gasteiger partial charge in [0.1, 0.15) is 5.50 Å². The highest BCUT2D eigenvalue weighted by Gasteiger charge is 2.36. The lowest BCUT2D eigenvalue weighted by Crippen LogP contribution is -2.42. The zero-order chi connectivity index (χ0) is 14.5. The Morgan fingerprint density at radius 3 is 2.76 bits per heavy atom. The van der Waals surface area contributed by atoms with E-state index < -0.39 is 0 Å². The number of rotatable bonds is 5. The van der Waals surface area contributed by atoms with E-state index in [2.05, 4.69) is 46.7 Å². The Morgan fingerprint density at radius 1 is 1.14 bits per heavy atom. The Kier molecular flexibility index (Phi) is 6.36. The first-order valence-electron chi connectivity index (χ1n) is 8.47. The molecule has 2 heterocycles. The summed E-state index contributed by atoms with van der Waals surface area (Å²) in [5.74, 6) is 3.30. The highest BCUT2D eigenvalue weighted by atomic mass is 32.2. The van der Waals surface area contributed by atoms with Crippen LogP contribution in [0.1, 0.15) is 44.9 Å². The van der Waals surface area contributed by atoms with Crippen molar-refractivity contribution >= 4 is 23.5 Å².